The first-order valence-corrected chi connectivity index (χ1v) is 24.1. The van der Waals surface area contributed by atoms with Crippen LogP contribution in [0, 0.1) is 22.7 Å². The molecule has 0 bridgehead atoms. The predicted octanol–water partition coefficient (Wildman–Crippen LogP) is 17.6. The van der Waals surface area contributed by atoms with Crippen LogP contribution in [-0.2, 0) is 5.41 Å². The Morgan fingerprint density at radius 3 is 1.11 bits per heavy atom. The van der Waals surface area contributed by atoms with E-state index in [4.69, 9.17) is 18.9 Å². The van der Waals surface area contributed by atoms with E-state index in [1.807, 2.05) is 121 Å². The second-order valence-corrected chi connectivity index (χ2v) is 18.1. The molecule has 0 saturated heterocycles. The van der Waals surface area contributed by atoms with E-state index < -0.39 is 5.41 Å². The van der Waals surface area contributed by atoms with E-state index in [0.29, 0.717) is 57.1 Å². The van der Waals surface area contributed by atoms with Crippen molar-refractivity contribution < 1.29 is 18.9 Å². The predicted molar refractivity (Wildman–Crippen MR) is 289 cm³/mol. The summed E-state index contributed by atoms with van der Waals surface area (Å²) in [5.74, 6) is 4.21. The van der Waals surface area contributed by atoms with Gasteiger partial charge in [-0.05, 0) is 138 Å². The molecule has 0 saturated carbocycles. The number of fused-ring (bicyclic) bond motifs is 7. The van der Waals surface area contributed by atoms with Crippen LogP contribution in [0.15, 0.2) is 243 Å². The third kappa shape index (κ3) is 7.33. The van der Waals surface area contributed by atoms with Gasteiger partial charge in [0, 0.05) is 10.8 Å². The molecule has 0 spiro atoms. The SMILES string of the molecule is N#Cc1c(Oc2ccc3cc(C4(c5ccc6cc(Oc7cccc(Oc8cccc9ccccc89)c7C#N)ccc6c5)c5ccccc5-c5ccccc54)ccc3c2)cccc1Oc1cccc2ccccc12. The zero-order valence-corrected chi connectivity index (χ0v) is 39.1. The molecule has 0 radical (unpaired) electrons. The molecule has 0 atom stereocenters. The summed E-state index contributed by atoms with van der Waals surface area (Å²) in [7, 11) is 0. The average molecular weight is 937 g/mol. The van der Waals surface area contributed by atoms with Crippen molar-refractivity contribution in [1.82, 2.24) is 0 Å². The monoisotopic (exact) mass is 936 g/mol. The van der Waals surface area contributed by atoms with Crippen LogP contribution >= 0.6 is 0 Å². The van der Waals surface area contributed by atoms with E-state index in [-0.39, 0.29) is 0 Å². The first-order chi connectivity index (χ1) is 36.0. The summed E-state index contributed by atoms with van der Waals surface area (Å²) >= 11 is 0. The van der Waals surface area contributed by atoms with Crippen LogP contribution in [0.3, 0.4) is 0 Å². The quantitative estimate of drug-likeness (QED) is 0.136. The van der Waals surface area contributed by atoms with Gasteiger partial charge in [-0.2, -0.15) is 10.5 Å². The summed E-state index contributed by atoms with van der Waals surface area (Å²) in [5.41, 5.74) is 7.04. The molecular weight excluding hydrogens is 897 g/mol. The number of rotatable bonds is 10. The molecule has 342 valence electrons. The van der Waals surface area contributed by atoms with Gasteiger partial charge in [-0.1, -0.05) is 170 Å². The van der Waals surface area contributed by atoms with Crippen molar-refractivity contribution in [1.29, 1.82) is 10.5 Å². The molecule has 1 aliphatic rings. The van der Waals surface area contributed by atoms with E-state index in [1.165, 1.54) is 22.3 Å². The summed E-state index contributed by atoms with van der Waals surface area (Å²) in [5, 5.41) is 28.9. The first kappa shape index (κ1) is 42.9. The third-order valence-corrected chi connectivity index (χ3v) is 14.0. The van der Waals surface area contributed by atoms with Crippen LogP contribution in [0.4, 0.5) is 0 Å². The Bertz CT molecular complexity index is 3990. The fraction of sp³-hybridized carbons (Fsp3) is 0.0149. The molecule has 0 aliphatic heterocycles. The zero-order chi connectivity index (χ0) is 48.9. The number of hydrogen-bond donors (Lipinski definition) is 0. The summed E-state index contributed by atoms with van der Waals surface area (Å²) in [6.45, 7) is 0. The molecule has 0 unspecified atom stereocenters. The summed E-state index contributed by atoms with van der Waals surface area (Å²) in [6.07, 6.45) is 0. The van der Waals surface area contributed by atoms with Gasteiger partial charge in [0.05, 0.1) is 5.41 Å². The minimum Gasteiger partial charge on any atom is -0.456 e. The molecular formula is C67H40N2O4. The molecule has 12 aromatic carbocycles. The summed E-state index contributed by atoms with van der Waals surface area (Å²) in [6, 6.07) is 86.3. The number of ether oxygens (including phenoxy) is 4. The highest BCUT2D eigenvalue weighted by molar-refractivity contribution is 5.93. The van der Waals surface area contributed by atoms with Crippen LogP contribution in [0.25, 0.3) is 54.2 Å². The van der Waals surface area contributed by atoms with Gasteiger partial charge in [-0.25, -0.2) is 0 Å². The zero-order valence-electron chi connectivity index (χ0n) is 39.1. The van der Waals surface area contributed by atoms with Crippen LogP contribution in [0.1, 0.15) is 33.4 Å². The van der Waals surface area contributed by atoms with E-state index in [1.54, 1.807) is 24.3 Å². The highest BCUT2D eigenvalue weighted by atomic mass is 16.5. The standard InChI is InChI=1S/C67H40N2O4/c68-41-57-63(25-11-27-65(57)72-61-23-9-15-43-13-1-3-17-53(43)61)70-51-35-31-45-37-49(33-29-47(45)39-51)67(59-21-7-5-19-55(59)56-20-6-8-22-60(56)67)50-34-30-48-40-52(36-32-46(48)38-50)71-64-26-12-28-66(58(64)42-69)73-62-24-10-16-44-14-2-4-18-54(44)62/h1-40H. The summed E-state index contributed by atoms with van der Waals surface area (Å²) in [4.78, 5) is 0. The Labute approximate surface area is 421 Å². The maximum absolute atomic E-state index is 10.4. The van der Waals surface area contributed by atoms with E-state index in [0.717, 1.165) is 54.2 Å². The van der Waals surface area contributed by atoms with Gasteiger partial charge < -0.3 is 18.9 Å². The highest BCUT2D eigenvalue weighted by Crippen LogP contribution is 2.57. The Balaban J connectivity index is 0.842. The van der Waals surface area contributed by atoms with E-state index in [9.17, 15) is 10.5 Å². The van der Waals surface area contributed by atoms with Crippen molar-refractivity contribution in [3.63, 3.8) is 0 Å². The van der Waals surface area contributed by atoms with Crippen LogP contribution in [0.5, 0.6) is 46.0 Å². The third-order valence-electron chi connectivity index (χ3n) is 14.0. The number of benzene rings is 12. The van der Waals surface area contributed by atoms with Crippen molar-refractivity contribution in [2.24, 2.45) is 0 Å². The van der Waals surface area contributed by atoms with Crippen molar-refractivity contribution >= 4 is 43.1 Å². The van der Waals surface area contributed by atoms with Gasteiger partial charge >= 0.3 is 0 Å². The number of nitriles is 2. The normalized spacial score (nSPS) is 12.2. The Hall–Kier alpha value is -10.1. The molecule has 12 aromatic rings. The van der Waals surface area contributed by atoms with Gasteiger partial charge in [0.2, 0.25) is 0 Å². The maximum Gasteiger partial charge on any atom is 0.149 e. The Kier molecular flexibility index (Phi) is 10.4. The number of nitrogens with zero attached hydrogens (tertiary/aromatic N) is 2. The largest absolute Gasteiger partial charge is 0.456 e. The minimum atomic E-state index is -0.654. The molecule has 6 nitrogen and oxygen atoms in total. The number of hydrogen-bond acceptors (Lipinski definition) is 6. The lowest BCUT2D eigenvalue weighted by Gasteiger charge is -2.34. The second-order valence-electron chi connectivity index (χ2n) is 18.1. The molecule has 1 aliphatic carbocycles. The van der Waals surface area contributed by atoms with Gasteiger partial charge in [-0.15, -0.1) is 0 Å². The highest BCUT2D eigenvalue weighted by Gasteiger charge is 2.46. The average Bonchev–Trinajstić information content (AvgIpc) is 3.75. The molecule has 0 heterocycles. The molecule has 0 aromatic heterocycles. The van der Waals surface area contributed by atoms with Gasteiger partial charge in [0.1, 0.15) is 69.3 Å². The lowest BCUT2D eigenvalue weighted by Crippen LogP contribution is -2.28. The van der Waals surface area contributed by atoms with Crippen molar-refractivity contribution in [2.45, 2.75) is 5.41 Å². The lowest BCUT2D eigenvalue weighted by molar-refractivity contribution is 0.460. The van der Waals surface area contributed by atoms with E-state index >= 15 is 0 Å². The minimum absolute atomic E-state index is 0.312. The van der Waals surface area contributed by atoms with Crippen LogP contribution < -0.4 is 18.9 Å². The Morgan fingerprint density at radius 1 is 0.288 bits per heavy atom. The molecule has 0 N–H and O–H groups in total. The van der Waals surface area contributed by atoms with Gasteiger partial charge in [0.25, 0.3) is 0 Å². The van der Waals surface area contributed by atoms with Gasteiger partial charge in [0.15, 0.2) is 0 Å². The van der Waals surface area contributed by atoms with Crippen LogP contribution in [0.2, 0.25) is 0 Å². The smallest absolute Gasteiger partial charge is 0.149 e. The van der Waals surface area contributed by atoms with Gasteiger partial charge in [-0.3, -0.25) is 0 Å². The van der Waals surface area contributed by atoms with Crippen LogP contribution in [-0.4, -0.2) is 0 Å². The fourth-order valence-electron chi connectivity index (χ4n) is 10.7. The second kappa shape index (κ2) is 17.7. The topological polar surface area (TPSA) is 84.5 Å². The molecule has 73 heavy (non-hydrogen) atoms. The lowest BCUT2D eigenvalue weighted by atomic mass is 9.67. The fourth-order valence-corrected chi connectivity index (χ4v) is 10.7. The molecule has 6 heteroatoms. The van der Waals surface area contributed by atoms with E-state index in [2.05, 4.69) is 109 Å². The molecule has 13 rings (SSSR count). The molecule has 0 amide bonds. The maximum atomic E-state index is 10.4. The first-order valence-electron chi connectivity index (χ1n) is 24.1. The van der Waals surface area contributed by atoms with Crippen molar-refractivity contribution in [2.75, 3.05) is 0 Å². The Morgan fingerprint density at radius 2 is 0.644 bits per heavy atom. The molecule has 0 fully saturated rings. The van der Waals surface area contributed by atoms with Crippen molar-refractivity contribution in [3.05, 3.63) is 276 Å². The van der Waals surface area contributed by atoms with Crippen molar-refractivity contribution in [3.8, 4) is 69.3 Å². The summed E-state index contributed by atoms with van der Waals surface area (Å²) < 4.78 is 25.7.